The van der Waals surface area contributed by atoms with E-state index in [-0.39, 0.29) is 5.69 Å². The first kappa shape index (κ1) is 16.8. The number of benzene rings is 2. The Morgan fingerprint density at radius 2 is 1.83 bits per heavy atom. The summed E-state index contributed by atoms with van der Waals surface area (Å²) in [5.74, 6) is -1.81. The molecule has 122 valence electrons. The van der Waals surface area contributed by atoms with E-state index >= 15 is 0 Å². The van der Waals surface area contributed by atoms with E-state index in [0.717, 1.165) is 5.56 Å². The number of anilines is 1. The number of nitro benzene ring substituents is 1. The maximum atomic E-state index is 11.7. The predicted octanol–water partition coefficient (Wildman–Crippen LogP) is 1.99. The van der Waals surface area contributed by atoms with Gasteiger partial charge in [0.05, 0.1) is 11.1 Å². The number of amides is 2. The molecule has 0 saturated heterocycles. The van der Waals surface area contributed by atoms with Crippen molar-refractivity contribution in [3.05, 3.63) is 69.8 Å². The zero-order chi connectivity index (χ0) is 17.5. The molecule has 2 rings (SSSR count). The molecular weight excluding hydrogens is 312 g/mol. The van der Waals surface area contributed by atoms with Crippen molar-refractivity contribution in [2.24, 2.45) is 5.10 Å². The van der Waals surface area contributed by atoms with Crippen LogP contribution in [0.15, 0.2) is 53.6 Å². The van der Waals surface area contributed by atoms with E-state index in [1.807, 2.05) is 6.92 Å². The molecule has 0 aliphatic heterocycles. The van der Waals surface area contributed by atoms with Crippen molar-refractivity contribution in [1.82, 2.24) is 5.43 Å². The lowest BCUT2D eigenvalue weighted by atomic mass is 10.2. The molecular formula is C16H14N4O4. The van der Waals surface area contributed by atoms with E-state index in [1.54, 1.807) is 30.3 Å². The van der Waals surface area contributed by atoms with Crippen LogP contribution in [-0.2, 0) is 9.59 Å². The van der Waals surface area contributed by atoms with Gasteiger partial charge in [-0.05, 0) is 19.1 Å². The number of carbonyl (C=O) groups excluding carboxylic acids is 2. The number of non-ortho nitro benzene ring substituents is 1. The molecule has 2 aromatic carbocycles. The Kier molecular flexibility index (Phi) is 5.35. The van der Waals surface area contributed by atoms with Gasteiger partial charge in [-0.25, -0.2) is 5.43 Å². The van der Waals surface area contributed by atoms with Crippen molar-refractivity contribution in [2.45, 2.75) is 6.92 Å². The number of carbonyl (C=O) groups is 2. The van der Waals surface area contributed by atoms with Gasteiger partial charge in [-0.15, -0.1) is 0 Å². The number of nitro groups is 1. The van der Waals surface area contributed by atoms with Gasteiger partial charge in [-0.1, -0.05) is 29.8 Å². The maximum Gasteiger partial charge on any atom is 0.329 e. The second-order valence-electron chi connectivity index (χ2n) is 4.87. The van der Waals surface area contributed by atoms with Gasteiger partial charge in [0, 0.05) is 23.4 Å². The number of hydrogen-bond acceptors (Lipinski definition) is 5. The summed E-state index contributed by atoms with van der Waals surface area (Å²) >= 11 is 0. The number of hydrazone groups is 1. The lowest BCUT2D eigenvalue weighted by Crippen LogP contribution is -2.32. The van der Waals surface area contributed by atoms with Crippen molar-refractivity contribution >= 4 is 29.4 Å². The summed E-state index contributed by atoms with van der Waals surface area (Å²) in [7, 11) is 0. The lowest BCUT2D eigenvalue weighted by Gasteiger charge is -2.04. The van der Waals surface area contributed by atoms with Gasteiger partial charge in [0.1, 0.15) is 0 Å². The van der Waals surface area contributed by atoms with Crippen LogP contribution in [0.2, 0.25) is 0 Å². The molecule has 0 fully saturated rings. The van der Waals surface area contributed by atoms with E-state index in [1.165, 1.54) is 24.4 Å². The second kappa shape index (κ2) is 7.63. The van der Waals surface area contributed by atoms with Gasteiger partial charge < -0.3 is 5.32 Å². The molecule has 0 spiro atoms. The summed E-state index contributed by atoms with van der Waals surface area (Å²) in [5.41, 5.74) is 3.90. The van der Waals surface area contributed by atoms with E-state index in [2.05, 4.69) is 15.8 Å². The molecule has 8 heteroatoms. The minimum absolute atomic E-state index is 0.0950. The molecule has 0 bridgehead atoms. The van der Waals surface area contributed by atoms with Gasteiger partial charge in [-0.2, -0.15) is 5.10 Å². The topological polar surface area (TPSA) is 114 Å². The highest BCUT2D eigenvalue weighted by Gasteiger charge is 2.12. The Morgan fingerprint density at radius 1 is 1.12 bits per heavy atom. The van der Waals surface area contributed by atoms with Crippen LogP contribution in [-0.4, -0.2) is 23.0 Å². The first-order valence-corrected chi connectivity index (χ1v) is 6.91. The van der Waals surface area contributed by atoms with E-state index in [0.29, 0.717) is 11.3 Å². The summed E-state index contributed by atoms with van der Waals surface area (Å²) in [6.07, 6.45) is 1.21. The summed E-state index contributed by atoms with van der Waals surface area (Å²) in [4.78, 5) is 33.5. The average Bonchev–Trinajstić information content (AvgIpc) is 2.57. The first-order chi connectivity index (χ1) is 11.5. The summed E-state index contributed by atoms with van der Waals surface area (Å²) in [5, 5.41) is 16.7. The number of nitrogens with one attached hydrogen (secondary N) is 2. The van der Waals surface area contributed by atoms with Crippen LogP contribution < -0.4 is 10.7 Å². The molecule has 0 saturated carbocycles. The van der Waals surface area contributed by atoms with Gasteiger partial charge in [-0.3, -0.25) is 19.7 Å². The second-order valence-corrected chi connectivity index (χ2v) is 4.87. The molecule has 2 aromatic rings. The first-order valence-electron chi connectivity index (χ1n) is 6.91. The lowest BCUT2D eigenvalue weighted by molar-refractivity contribution is -0.384. The number of rotatable bonds is 4. The Balaban J connectivity index is 1.92. The molecule has 0 heterocycles. The largest absolute Gasteiger partial charge is 0.329 e. The van der Waals surface area contributed by atoms with Gasteiger partial charge in [0.2, 0.25) is 0 Å². The van der Waals surface area contributed by atoms with Crippen LogP contribution in [0, 0.1) is 17.0 Å². The smallest absolute Gasteiger partial charge is 0.318 e. The third-order valence-electron chi connectivity index (χ3n) is 2.98. The van der Waals surface area contributed by atoms with Crippen LogP contribution >= 0.6 is 0 Å². The number of aryl methyl sites for hydroxylation is 1. The standard InChI is InChI=1S/C16H14N4O4/c1-11-5-7-13(8-6-11)18-15(21)16(22)19-17-10-12-3-2-4-14(9-12)20(23)24/h2-10H,1H3,(H,18,21)(H,19,22)/b17-10-. The van der Waals surface area contributed by atoms with Gasteiger partial charge >= 0.3 is 11.8 Å². The average molecular weight is 326 g/mol. The summed E-state index contributed by atoms with van der Waals surface area (Å²) in [6.45, 7) is 1.90. The highest BCUT2D eigenvalue weighted by molar-refractivity contribution is 6.39. The van der Waals surface area contributed by atoms with Crippen molar-refractivity contribution in [2.75, 3.05) is 5.32 Å². The van der Waals surface area contributed by atoms with Crippen molar-refractivity contribution in [1.29, 1.82) is 0 Å². The molecule has 2 N–H and O–H groups in total. The third kappa shape index (κ3) is 4.73. The molecule has 0 aliphatic carbocycles. The Morgan fingerprint density at radius 3 is 2.50 bits per heavy atom. The number of hydrogen-bond donors (Lipinski definition) is 2. The Hall–Kier alpha value is -3.55. The molecule has 0 aromatic heterocycles. The Bertz CT molecular complexity index is 800. The number of nitrogens with zero attached hydrogens (tertiary/aromatic N) is 2. The fraction of sp³-hybridized carbons (Fsp3) is 0.0625. The predicted molar refractivity (Wildman–Crippen MR) is 88.6 cm³/mol. The van der Waals surface area contributed by atoms with Crippen molar-refractivity contribution in [3.63, 3.8) is 0 Å². The van der Waals surface area contributed by atoms with Crippen LogP contribution in [0.5, 0.6) is 0 Å². The van der Waals surface area contributed by atoms with Gasteiger partial charge in [0.15, 0.2) is 0 Å². The zero-order valence-electron chi connectivity index (χ0n) is 12.7. The maximum absolute atomic E-state index is 11.7. The van der Waals surface area contributed by atoms with Crippen molar-refractivity contribution < 1.29 is 14.5 Å². The highest BCUT2D eigenvalue weighted by atomic mass is 16.6. The Labute approximate surface area is 137 Å². The molecule has 24 heavy (non-hydrogen) atoms. The molecule has 0 radical (unpaired) electrons. The zero-order valence-corrected chi connectivity index (χ0v) is 12.7. The highest BCUT2D eigenvalue weighted by Crippen LogP contribution is 2.11. The van der Waals surface area contributed by atoms with Crippen LogP contribution in [0.1, 0.15) is 11.1 Å². The molecule has 0 atom stereocenters. The van der Waals surface area contributed by atoms with Crippen LogP contribution in [0.25, 0.3) is 0 Å². The summed E-state index contributed by atoms with van der Waals surface area (Å²) < 4.78 is 0. The fourth-order valence-corrected chi connectivity index (χ4v) is 1.76. The third-order valence-corrected chi connectivity index (χ3v) is 2.98. The normalized spacial score (nSPS) is 10.4. The molecule has 8 nitrogen and oxygen atoms in total. The minimum atomic E-state index is -0.947. The molecule has 2 amide bonds. The monoisotopic (exact) mass is 326 g/mol. The summed E-state index contributed by atoms with van der Waals surface area (Å²) in [6, 6.07) is 12.6. The van der Waals surface area contributed by atoms with E-state index < -0.39 is 16.7 Å². The quantitative estimate of drug-likeness (QED) is 0.387. The van der Waals surface area contributed by atoms with Gasteiger partial charge in [0.25, 0.3) is 5.69 Å². The van der Waals surface area contributed by atoms with Crippen molar-refractivity contribution in [3.8, 4) is 0 Å². The van der Waals surface area contributed by atoms with Crippen LogP contribution in [0.4, 0.5) is 11.4 Å². The fourth-order valence-electron chi connectivity index (χ4n) is 1.76. The van der Waals surface area contributed by atoms with Crippen LogP contribution in [0.3, 0.4) is 0 Å². The molecule has 0 aliphatic rings. The SMILES string of the molecule is Cc1ccc(NC(=O)C(=O)N/N=C\c2cccc([N+](=O)[O-])c2)cc1. The van der Waals surface area contributed by atoms with E-state index in [9.17, 15) is 19.7 Å². The molecule has 0 unspecified atom stereocenters. The minimum Gasteiger partial charge on any atom is -0.318 e. The van der Waals surface area contributed by atoms with E-state index in [4.69, 9.17) is 0 Å².